The maximum absolute atomic E-state index is 6.30. The molecular formula is C17H24N2O. The van der Waals surface area contributed by atoms with Crippen LogP contribution in [0.1, 0.15) is 50.7 Å². The first-order chi connectivity index (χ1) is 9.75. The zero-order valence-electron chi connectivity index (χ0n) is 12.5. The predicted octanol–water partition coefficient (Wildman–Crippen LogP) is 3.97. The van der Waals surface area contributed by atoms with Crippen LogP contribution < -0.4 is 0 Å². The third-order valence-electron chi connectivity index (χ3n) is 4.61. The summed E-state index contributed by atoms with van der Waals surface area (Å²) in [4.78, 5) is 0. The van der Waals surface area contributed by atoms with Gasteiger partial charge in [0.1, 0.15) is 6.10 Å². The van der Waals surface area contributed by atoms with Gasteiger partial charge in [-0.1, -0.05) is 49.6 Å². The van der Waals surface area contributed by atoms with Gasteiger partial charge in [0.25, 0.3) is 0 Å². The summed E-state index contributed by atoms with van der Waals surface area (Å²) in [6.07, 6.45) is 6.52. The van der Waals surface area contributed by atoms with Crippen molar-refractivity contribution in [3.05, 3.63) is 35.9 Å². The summed E-state index contributed by atoms with van der Waals surface area (Å²) in [6.45, 7) is 2.18. The number of hydrogen-bond donors (Lipinski definition) is 0. The van der Waals surface area contributed by atoms with E-state index in [1.165, 1.54) is 37.7 Å². The molecule has 3 heteroatoms. The van der Waals surface area contributed by atoms with Crippen LogP contribution in [0.15, 0.2) is 35.4 Å². The van der Waals surface area contributed by atoms with E-state index in [4.69, 9.17) is 9.84 Å². The molecule has 1 aliphatic carbocycles. The van der Waals surface area contributed by atoms with Gasteiger partial charge in [-0.25, -0.2) is 0 Å². The summed E-state index contributed by atoms with van der Waals surface area (Å²) in [5.74, 6) is 1.48. The van der Waals surface area contributed by atoms with Gasteiger partial charge >= 0.3 is 0 Å². The number of ether oxygens (including phenoxy) is 1. The fourth-order valence-electron chi connectivity index (χ4n) is 3.21. The fourth-order valence-corrected chi connectivity index (χ4v) is 3.21. The van der Waals surface area contributed by atoms with E-state index in [2.05, 4.69) is 49.3 Å². The molecule has 0 N–H and O–H groups in total. The quantitative estimate of drug-likeness (QED) is 0.813. The third kappa shape index (κ3) is 2.67. The Morgan fingerprint density at radius 2 is 1.80 bits per heavy atom. The summed E-state index contributed by atoms with van der Waals surface area (Å²) in [6, 6.07) is 10.8. The molecule has 3 rings (SSSR count). The van der Waals surface area contributed by atoms with Crippen LogP contribution in [0.3, 0.4) is 0 Å². The highest BCUT2D eigenvalue weighted by Gasteiger charge is 2.33. The molecule has 0 spiro atoms. The van der Waals surface area contributed by atoms with Crippen LogP contribution in [-0.2, 0) is 4.74 Å². The topological polar surface area (TPSA) is 24.8 Å². The lowest BCUT2D eigenvalue weighted by Crippen LogP contribution is -2.41. The van der Waals surface area contributed by atoms with E-state index in [0.717, 1.165) is 5.90 Å². The molecule has 2 atom stereocenters. The van der Waals surface area contributed by atoms with Crippen molar-refractivity contribution in [1.82, 2.24) is 5.01 Å². The Labute approximate surface area is 121 Å². The zero-order chi connectivity index (χ0) is 13.9. The van der Waals surface area contributed by atoms with Gasteiger partial charge in [-0.05, 0) is 25.3 Å². The predicted molar refractivity (Wildman–Crippen MR) is 81.5 cm³/mol. The Morgan fingerprint density at radius 3 is 2.50 bits per heavy atom. The van der Waals surface area contributed by atoms with Gasteiger partial charge in [0.2, 0.25) is 5.90 Å². The summed E-state index contributed by atoms with van der Waals surface area (Å²) in [5.41, 5.74) is 1.25. The van der Waals surface area contributed by atoms with Crippen LogP contribution in [-0.4, -0.2) is 24.0 Å². The highest BCUT2D eigenvalue weighted by atomic mass is 16.5. The van der Waals surface area contributed by atoms with E-state index >= 15 is 0 Å². The minimum atomic E-state index is 0.0932. The second-order valence-corrected chi connectivity index (χ2v) is 6.04. The molecule has 3 nitrogen and oxygen atoms in total. The minimum Gasteiger partial charge on any atom is -0.469 e. The minimum absolute atomic E-state index is 0.0932. The molecular weight excluding hydrogens is 248 g/mol. The molecule has 1 fully saturated rings. The Balaban J connectivity index is 1.81. The standard InChI is InChI=1S/C17H24N2O/c1-13-16(14-9-5-3-6-10-14)20-17(18-19(13)2)15-11-7-4-8-12-15/h3,5-6,9-10,13,15-16H,4,7-8,11-12H2,1-2H3/t13-,16-/m1/s1. The van der Waals surface area contributed by atoms with Gasteiger partial charge in [0, 0.05) is 13.0 Å². The molecule has 1 aromatic carbocycles. The largest absolute Gasteiger partial charge is 0.469 e. The summed E-state index contributed by atoms with van der Waals surface area (Å²) in [7, 11) is 2.06. The van der Waals surface area contributed by atoms with Crippen LogP contribution in [0, 0.1) is 5.92 Å². The number of likely N-dealkylation sites (N-methyl/N-ethyl adjacent to an activating group) is 1. The van der Waals surface area contributed by atoms with Gasteiger partial charge in [-0.3, -0.25) is 5.01 Å². The maximum atomic E-state index is 6.30. The lowest BCUT2D eigenvalue weighted by Gasteiger charge is -2.38. The van der Waals surface area contributed by atoms with E-state index < -0.39 is 0 Å². The molecule has 0 bridgehead atoms. The SMILES string of the molecule is C[C@@H]1[C@H](c2ccccc2)OC(C2CCCCC2)=NN1C. The van der Waals surface area contributed by atoms with Crippen LogP contribution in [0.5, 0.6) is 0 Å². The first kappa shape index (κ1) is 13.5. The fraction of sp³-hybridized carbons (Fsp3) is 0.588. The molecule has 0 unspecified atom stereocenters. The maximum Gasteiger partial charge on any atom is 0.209 e. The highest BCUT2D eigenvalue weighted by Crippen LogP contribution is 2.33. The summed E-state index contributed by atoms with van der Waals surface area (Å²) < 4.78 is 6.30. The van der Waals surface area contributed by atoms with Crippen molar-refractivity contribution in [2.75, 3.05) is 7.05 Å². The molecule has 0 aromatic heterocycles. The molecule has 0 radical (unpaired) electrons. The van der Waals surface area contributed by atoms with Crippen molar-refractivity contribution < 1.29 is 4.74 Å². The van der Waals surface area contributed by atoms with Crippen LogP contribution >= 0.6 is 0 Å². The lowest BCUT2D eigenvalue weighted by molar-refractivity contribution is 0.0411. The van der Waals surface area contributed by atoms with Gasteiger partial charge in [-0.15, -0.1) is 5.10 Å². The van der Waals surface area contributed by atoms with E-state index in [9.17, 15) is 0 Å². The Kier molecular flexibility index (Phi) is 3.95. The molecule has 2 aliphatic rings. The van der Waals surface area contributed by atoms with E-state index in [0.29, 0.717) is 5.92 Å². The second kappa shape index (κ2) is 5.86. The van der Waals surface area contributed by atoms with Gasteiger partial charge in [-0.2, -0.15) is 0 Å². The smallest absolute Gasteiger partial charge is 0.209 e. The van der Waals surface area contributed by atoms with Gasteiger partial charge in [0.15, 0.2) is 0 Å². The molecule has 1 heterocycles. The van der Waals surface area contributed by atoms with Crippen LogP contribution in [0.2, 0.25) is 0 Å². The highest BCUT2D eigenvalue weighted by molar-refractivity contribution is 5.79. The lowest BCUT2D eigenvalue weighted by atomic mass is 9.88. The number of hydrazone groups is 1. The molecule has 1 aromatic rings. The Morgan fingerprint density at radius 1 is 1.10 bits per heavy atom. The van der Waals surface area contributed by atoms with Crippen molar-refractivity contribution in [1.29, 1.82) is 0 Å². The van der Waals surface area contributed by atoms with E-state index in [1.807, 2.05) is 0 Å². The van der Waals surface area contributed by atoms with Crippen molar-refractivity contribution in [2.24, 2.45) is 11.0 Å². The van der Waals surface area contributed by atoms with E-state index in [-0.39, 0.29) is 12.1 Å². The molecule has 108 valence electrons. The molecule has 20 heavy (non-hydrogen) atoms. The summed E-state index contributed by atoms with van der Waals surface area (Å²) >= 11 is 0. The second-order valence-electron chi connectivity index (χ2n) is 6.04. The van der Waals surface area contributed by atoms with Crippen molar-refractivity contribution in [3.8, 4) is 0 Å². The van der Waals surface area contributed by atoms with Gasteiger partial charge in [0.05, 0.1) is 6.04 Å². The zero-order valence-corrected chi connectivity index (χ0v) is 12.5. The monoisotopic (exact) mass is 272 g/mol. The molecule has 0 saturated heterocycles. The number of nitrogens with zero attached hydrogens (tertiary/aromatic N) is 2. The van der Waals surface area contributed by atoms with Crippen molar-refractivity contribution >= 4 is 5.90 Å². The third-order valence-corrected chi connectivity index (χ3v) is 4.61. The van der Waals surface area contributed by atoms with Gasteiger partial charge < -0.3 is 4.74 Å². The van der Waals surface area contributed by atoms with Crippen molar-refractivity contribution in [2.45, 2.75) is 51.2 Å². The molecule has 1 aliphatic heterocycles. The Bertz CT molecular complexity index is 465. The number of rotatable bonds is 2. The molecule has 0 amide bonds. The van der Waals surface area contributed by atoms with E-state index in [1.54, 1.807) is 0 Å². The van der Waals surface area contributed by atoms with Crippen molar-refractivity contribution in [3.63, 3.8) is 0 Å². The molecule has 1 saturated carbocycles. The number of benzene rings is 1. The Hall–Kier alpha value is -1.51. The normalized spacial score (nSPS) is 27.9. The first-order valence-corrected chi connectivity index (χ1v) is 7.78. The average Bonchev–Trinajstić information content (AvgIpc) is 2.51. The van der Waals surface area contributed by atoms with Crippen LogP contribution in [0.25, 0.3) is 0 Å². The summed E-state index contributed by atoms with van der Waals surface area (Å²) in [5, 5.41) is 6.76. The number of hydrogen-bond acceptors (Lipinski definition) is 3. The van der Waals surface area contributed by atoms with Crippen LogP contribution in [0.4, 0.5) is 0 Å². The first-order valence-electron chi connectivity index (χ1n) is 7.78. The average molecular weight is 272 g/mol.